The smallest absolute Gasteiger partial charge is 0.244 e. The second-order valence-electron chi connectivity index (χ2n) is 6.11. The summed E-state index contributed by atoms with van der Waals surface area (Å²) >= 11 is 0. The van der Waals surface area contributed by atoms with E-state index in [0.717, 1.165) is 47.7 Å². The van der Waals surface area contributed by atoms with Gasteiger partial charge in [-0.25, -0.2) is 0 Å². The molecule has 2 amide bonds. The van der Waals surface area contributed by atoms with Crippen LogP contribution in [0.4, 0.5) is 11.4 Å². The van der Waals surface area contributed by atoms with E-state index in [-0.39, 0.29) is 18.4 Å². The molecule has 122 valence electrons. The number of rotatable bonds is 3. The number of hydrogen-bond donors (Lipinski definition) is 1. The number of fused-ring (bicyclic) bond motifs is 2. The molecule has 0 aliphatic carbocycles. The van der Waals surface area contributed by atoms with Crippen LogP contribution in [0.2, 0.25) is 0 Å². The van der Waals surface area contributed by atoms with Gasteiger partial charge in [0.1, 0.15) is 12.3 Å². The van der Waals surface area contributed by atoms with Crippen LogP contribution in [0, 0.1) is 0 Å². The van der Waals surface area contributed by atoms with Gasteiger partial charge in [-0.05, 0) is 48.2 Å². The summed E-state index contributed by atoms with van der Waals surface area (Å²) in [6, 6.07) is 13.3. The van der Waals surface area contributed by atoms with Crippen LogP contribution in [0.5, 0.6) is 5.75 Å². The van der Waals surface area contributed by atoms with E-state index < -0.39 is 0 Å². The molecule has 2 aromatic carbocycles. The highest BCUT2D eigenvalue weighted by Crippen LogP contribution is 2.29. The van der Waals surface area contributed by atoms with Crippen molar-refractivity contribution in [1.82, 2.24) is 0 Å². The number of aryl methyl sites for hydroxylation is 1. The number of nitrogens with zero attached hydrogens (tertiary/aromatic N) is 1. The monoisotopic (exact) mass is 322 g/mol. The Hall–Kier alpha value is -2.82. The van der Waals surface area contributed by atoms with Gasteiger partial charge in [0.15, 0.2) is 0 Å². The summed E-state index contributed by atoms with van der Waals surface area (Å²) in [6.07, 6.45) is 2.31. The van der Waals surface area contributed by atoms with Crippen LogP contribution in [0.1, 0.15) is 17.5 Å². The zero-order valence-corrected chi connectivity index (χ0v) is 13.2. The highest BCUT2D eigenvalue weighted by atomic mass is 16.5. The average molecular weight is 322 g/mol. The van der Waals surface area contributed by atoms with Crippen molar-refractivity contribution in [3.63, 3.8) is 0 Å². The zero-order valence-electron chi connectivity index (χ0n) is 13.2. The van der Waals surface area contributed by atoms with Crippen molar-refractivity contribution >= 4 is 23.2 Å². The first-order valence-corrected chi connectivity index (χ1v) is 8.14. The molecule has 0 fully saturated rings. The Bertz CT molecular complexity index is 816. The number of carbonyl (C=O) groups is 2. The van der Waals surface area contributed by atoms with Gasteiger partial charge in [-0.2, -0.15) is 0 Å². The van der Waals surface area contributed by atoms with Crippen molar-refractivity contribution in [2.24, 2.45) is 0 Å². The van der Waals surface area contributed by atoms with E-state index in [9.17, 15) is 9.59 Å². The molecule has 0 saturated carbocycles. The zero-order chi connectivity index (χ0) is 16.5. The van der Waals surface area contributed by atoms with Crippen molar-refractivity contribution < 1.29 is 14.3 Å². The molecule has 0 aromatic heterocycles. The van der Waals surface area contributed by atoms with Crippen molar-refractivity contribution in [1.29, 1.82) is 0 Å². The summed E-state index contributed by atoms with van der Waals surface area (Å²) in [5.41, 5.74) is 3.66. The molecule has 4 rings (SSSR count). The van der Waals surface area contributed by atoms with Gasteiger partial charge in [-0.3, -0.25) is 9.59 Å². The summed E-state index contributed by atoms with van der Waals surface area (Å²) in [4.78, 5) is 26.0. The third-order valence-corrected chi connectivity index (χ3v) is 4.42. The highest BCUT2D eigenvalue weighted by Gasteiger charge is 2.28. The molecular weight excluding hydrogens is 304 g/mol. The quantitative estimate of drug-likeness (QED) is 0.945. The summed E-state index contributed by atoms with van der Waals surface area (Å²) in [5.74, 6) is 0.657. The Labute approximate surface area is 140 Å². The predicted octanol–water partition coefficient (Wildman–Crippen LogP) is 2.54. The van der Waals surface area contributed by atoms with E-state index in [1.807, 2.05) is 42.5 Å². The number of anilines is 2. The Morgan fingerprint density at radius 1 is 1.17 bits per heavy atom. The largest absolute Gasteiger partial charge is 0.493 e. The van der Waals surface area contributed by atoms with Gasteiger partial charge in [0.2, 0.25) is 11.8 Å². The third kappa shape index (κ3) is 2.73. The first kappa shape index (κ1) is 14.8. The maximum atomic E-state index is 12.4. The average Bonchev–Trinajstić information content (AvgIpc) is 2.90. The Morgan fingerprint density at radius 2 is 2.04 bits per heavy atom. The van der Waals surface area contributed by atoms with E-state index in [2.05, 4.69) is 5.32 Å². The Kier molecular flexibility index (Phi) is 3.69. The molecule has 2 heterocycles. The standard InChI is InChI=1S/C19H18N2O3/c22-18(12-21-16-6-2-1-4-13(16)11-19(21)23)20-15-7-8-17-14(10-15)5-3-9-24-17/h1-2,4,6-8,10H,3,5,9,11-12H2,(H,20,22). The van der Waals surface area contributed by atoms with Crippen LogP contribution in [-0.4, -0.2) is 25.0 Å². The summed E-state index contributed by atoms with van der Waals surface area (Å²) in [6.45, 7) is 0.776. The van der Waals surface area contributed by atoms with Gasteiger partial charge < -0.3 is 15.0 Å². The van der Waals surface area contributed by atoms with E-state index in [1.54, 1.807) is 4.90 Å². The molecule has 0 bridgehead atoms. The van der Waals surface area contributed by atoms with Crippen molar-refractivity contribution in [2.75, 3.05) is 23.4 Å². The second-order valence-corrected chi connectivity index (χ2v) is 6.11. The Balaban J connectivity index is 1.47. The molecule has 5 heteroatoms. The maximum absolute atomic E-state index is 12.4. The van der Waals surface area contributed by atoms with E-state index >= 15 is 0 Å². The lowest BCUT2D eigenvalue weighted by Gasteiger charge is -2.19. The number of ether oxygens (including phenoxy) is 1. The lowest BCUT2D eigenvalue weighted by atomic mass is 10.1. The molecule has 0 atom stereocenters. The molecule has 0 unspecified atom stereocenters. The summed E-state index contributed by atoms with van der Waals surface area (Å²) < 4.78 is 5.58. The van der Waals surface area contributed by atoms with Crippen LogP contribution in [0.3, 0.4) is 0 Å². The molecule has 0 spiro atoms. The number of nitrogens with one attached hydrogen (secondary N) is 1. The number of amides is 2. The lowest BCUT2D eigenvalue weighted by Crippen LogP contribution is -2.35. The van der Waals surface area contributed by atoms with Crippen LogP contribution < -0.4 is 15.0 Å². The molecule has 2 aliphatic heterocycles. The molecule has 5 nitrogen and oxygen atoms in total. The van der Waals surface area contributed by atoms with Crippen LogP contribution in [0.15, 0.2) is 42.5 Å². The molecule has 0 radical (unpaired) electrons. The number of carbonyl (C=O) groups excluding carboxylic acids is 2. The normalized spacial score (nSPS) is 15.5. The SMILES string of the molecule is O=C(CN1C(=O)Cc2ccccc21)Nc1ccc2c(c1)CCCO2. The van der Waals surface area contributed by atoms with Gasteiger partial charge in [0, 0.05) is 11.4 Å². The van der Waals surface area contributed by atoms with E-state index in [0.29, 0.717) is 6.42 Å². The highest BCUT2D eigenvalue weighted by molar-refractivity contribution is 6.07. The van der Waals surface area contributed by atoms with Gasteiger partial charge in [0.05, 0.1) is 13.0 Å². The molecule has 1 N–H and O–H groups in total. The van der Waals surface area contributed by atoms with Gasteiger partial charge in [-0.1, -0.05) is 18.2 Å². The van der Waals surface area contributed by atoms with Crippen molar-refractivity contribution in [3.05, 3.63) is 53.6 Å². The predicted molar refractivity (Wildman–Crippen MR) is 91.4 cm³/mol. The first-order valence-electron chi connectivity index (χ1n) is 8.14. The molecule has 24 heavy (non-hydrogen) atoms. The fraction of sp³-hybridized carbons (Fsp3) is 0.263. The van der Waals surface area contributed by atoms with E-state index in [1.165, 1.54) is 0 Å². The lowest BCUT2D eigenvalue weighted by molar-refractivity contribution is -0.120. The van der Waals surface area contributed by atoms with Crippen LogP contribution in [0.25, 0.3) is 0 Å². The number of para-hydroxylation sites is 1. The fourth-order valence-corrected chi connectivity index (χ4v) is 3.27. The van der Waals surface area contributed by atoms with E-state index in [4.69, 9.17) is 4.74 Å². The molecule has 2 aliphatic rings. The van der Waals surface area contributed by atoms with Crippen LogP contribution >= 0.6 is 0 Å². The topological polar surface area (TPSA) is 58.6 Å². The van der Waals surface area contributed by atoms with Crippen LogP contribution in [-0.2, 0) is 22.4 Å². The minimum Gasteiger partial charge on any atom is -0.493 e. The van der Waals surface area contributed by atoms with Gasteiger partial charge in [0.25, 0.3) is 0 Å². The Morgan fingerprint density at radius 3 is 2.96 bits per heavy atom. The second kappa shape index (κ2) is 6.00. The fourth-order valence-electron chi connectivity index (χ4n) is 3.27. The minimum atomic E-state index is -0.197. The molecule has 2 aromatic rings. The van der Waals surface area contributed by atoms with Crippen molar-refractivity contribution in [3.8, 4) is 5.75 Å². The summed E-state index contributed by atoms with van der Waals surface area (Å²) in [7, 11) is 0. The molecular formula is C19H18N2O3. The summed E-state index contributed by atoms with van der Waals surface area (Å²) in [5, 5.41) is 2.88. The third-order valence-electron chi connectivity index (χ3n) is 4.42. The van der Waals surface area contributed by atoms with Crippen molar-refractivity contribution in [2.45, 2.75) is 19.3 Å². The van der Waals surface area contributed by atoms with Gasteiger partial charge >= 0.3 is 0 Å². The molecule has 0 saturated heterocycles. The maximum Gasteiger partial charge on any atom is 0.244 e. The number of benzene rings is 2. The first-order chi connectivity index (χ1) is 11.7. The minimum absolute atomic E-state index is 0.0312. The van der Waals surface area contributed by atoms with Gasteiger partial charge in [-0.15, -0.1) is 0 Å². The number of hydrogen-bond acceptors (Lipinski definition) is 3.